The van der Waals surface area contributed by atoms with Crippen LogP contribution in [-0.2, 0) is 6.42 Å². The van der Waals surface area contributed by atoms with Gasteiger partial charge in [-0.15, -0.1) is 0 Å². The van der Waals surface area contributed by atoms with E-state index in [1.165, 1.54) is 12.1 Å². The van der Waals surface area contributed by atoms with Gasteiger partial charge in [0, 0.05) is 0 Å². The third kappa shape index (κ3) is 3.57. The summed E-state index contributed by atoms with van der Waals surface area (Å²) < 4.78 is 26.2. The van der Waals surface area contributed by atoms with E-state index in [-0.39, 0.29) is 17.4 Å². The molecule has 3 heteroatoms. The van der Waals surface area contributed by atoms with Gasteiger partial charge < -0.3 is 5.11 Å². The van der Waals surface area contributed by atoms with E-state index < -0.39 is 11.6 Å². The average molecular weight is 282 g/mol. The number of aliphatic hydroxyl groups excluding tert-OH is 1. The molecule has 3 atom stereocenters. The number of halogens is 2. The number of aliphatic hydroxyl groups is 1. The van der Waals surface area contributed by atoms with Gasteiger partial charge in [-0.25, -0.2) is 8.78 Å². The van der Waals surface area contributed by atoms with Crippen molar-refractivity contribution >= 4 is 0 Å². The second kappa shape index (κ2) is 5.80. The summed E-state index contributed by atoms with van der Waals surface area (Å²) in [6.45, 7) is 6.68. The molecule has 0 spiro atoms. The maximum atomic E-state index is 13.3. The maximum absolute atomic E-state index is 13.3. The summed E-state index contributed by atoms with van der Waals surface area (Å²) in [5, 5.41) is 10.2. The molecular weight excluding hydrogens is 258 g/mol. The van der Waals surface area contributed by atoms with Gasteiger partial charge in [-0.3, -0.25) is 0 Å². The van der Waals surface area contributed by atoms with Gasteiger partial charge in [0.1, 0.15) is 0 Å². The summed E-state index contributed by atoms with van der Waals surface area (Å²) in [4.78, 5) is 0. The van der Waals surface area contributed by atoms with Gasteiger partial charge in [-0.1, -0.05) is 26.8 Å². The summed E-state index contributed by atoms with van der Waals surface area (Å²) >= 11 is 0. The molecule has 1 nitrogen and oxygen atoms in total. The Balaban J connectivity index is 2.08. The van der Waals surface area contributed by atoms with Crippen LogP contribution in [0.2, 0.25) is 0 Å². The van der Waals surface area contributed by atoms with Crippen molar-refractivity contribution in [3.8, 4) is 0 Å². The summed E-state index contributed by atoms with van der Waals surface area (Å²) in [5.41, 5.74) is 0.995. The smallest absolute Gasteiger partial charge is 0.159 e. The predicted octanol–water partition coefficient (Wildman–Crippen LogP) is 4.33. The minimum atomic E-state index is -0.814. The Morgan fingerprint density at radius 2 is 1.85 bits per heavy atom. The average Bonchev–Trinajstić information content (AvgIpc) is 2.35. The normalized spacial score (nSPS) is 27.6. The van der Waals surface area contributed by atoms with E-state index in [9.17, 15) is 13.9 Å². The second-order valence-corrected chi connectivity index (χ2v) is 7.16. The van der Waals surface area contributed by atoms with Crippen LogP contribution in [0.25, 0.3) is 0 Å². The Morgan fingerprint density at radius 3 is 2.45 bits per heavy atom. The van der Waals surface area contributed by atoms with Crippen molar-refractivity contribution in [3.05, 3.63) is 35.4 Å². The van der Waals surface area contributed by atoms with Gasteiger partial charge in [-0.05, 0) is 60.6 Å². The molecule has 1 fully saturated rings. The highest BCUT2D eigenvalue weighted by Gasteiger charge is 2.35. The van der Waals surface area contributed by atoms with Gasteiger partial charge in [0.05, 0.1) is 6.10 Å². The fourth-order valence-corrected chi connectivity index (χ4v) is 3.22. The van der Waals surface area contributed by atoms with Crippen molar-refractivity contribution in [2.75, 3.05) is 0 Å². The fraction of sp³-hybridized carbons (Fsp3) is 0.647. The van der Waals surface area contributed by atoms with Crippen LogP contribution < -0.4 is 0 Å². The van der Waals surface area contributed by atoms with Crippen LogP contribution in [0.5, 0.6) is 0 Å². The first-order chi connectivity index (χ1) is 9.27. The van der Waals surface area contributed by atoms with E-state index in [4.69, 9.17) is 0 Å². The number of benzene rings is 1. The van der Waals surface area contributed by atoms with E-state index >= 15 is 0 Å². The number of rotatable bonds is 2. The summed E-state index contributed by atoms with van der Waals surface area (Å²) in [6.07, 6.45) is 3.07. The highest BCUT2D eigenvalue weighted by atomic mass is 19.2. The molecular formula is C17H24F2O. The molecule has 1 aliphatic carbocycles. The largest absolute Gasteiger partial charge is 0.393 e. The zero-order chi connectivity index (χ0) is 14.9. The molecule has 2 rings (SSSR count). The second-order valence-electron chi connectivity index (χ2n) is 7.16. The molecule has 0 bridgehead atoms. The van der Waals surface area contributed by atoms with Crippen molar-refractivity contribution in [3.63, 3.8) is 0 Å². The molecule has 1 saturated carbocycles. The van der Waals surface area contributed by atoms with E-state index in [0.29, 0.717) is 12.3 Å². The molecule has 0 aromatic heterocycles. The number of hydrogen-bond donors (Lipinski definition) is 1. The van der Waals surface area contributed by atoms with Gasteiger partial charge >= 0.3 is 0 Å². The molecule has 1 aromatic rings. The van der Waals surface area contributed by atoms with Crippen LogP contribution in [0.3, 0.4) is 0 Å². The molecule has 1 N–H and O–H groups in total. The molecule has 112 valence electrons. The molecule has 0 aliphatic heterocycles. The van der Waals surface area contributed by atoms with Crippen molar-refractivity contribution in [1.82, 2.24) is 0 Å². The Labute approximate surface area is 120 Å². The Morgan fingerprint density at radius 1 is 1.15 bits per heavy atom. The monoisotopic (exact) mass is 282 g/mol. The van der Waals surface area contributed by atoms with Crippen LogP contribution >= 0.6 is 0 Å². The molecule has 0 radical (unpaired) electrons. The van der Waals surface area contributed by atoms with Crippen molar-refractivity contribution in [2.24, 2.45) is 17.3 Å². The standard InChI is InChI=1S/C17H24F2O/c1-17(2,3)13-5-7-16(20)12(10-13)8-11-4-6-14(18)15(19)9-11/h4,6,9,12-13,16,20H,5,7-8,10H2,1-3H3. The van der Waals surface area contributed by atoms with Crippen molar-refractivity contribution in [1.29, 1.82) is 0 Å². The minimum Gasteiger partial charge on any atom is -0.393 e. The first-order valence-electron chi connectivity index (χ1n) is 7.39. The molecule has 1 aromatic carbocycles. The molecule has 0 saturated heterocycles. The maximum Gasteiger partial charge on any atom is 0.159 e. The quantitative estimate of drug-likeness (QED) is 0.856. The predicted molar refractivity (Wildman–Crippen MR) is 76.4 cm³/mol. The highest BCUT2D eigenvalue weighted by Crippen LogP contribution is 2.41. The van der Waals surface area contributed by atoms with Gasteiger partial charge in [-0.2, -0.15) is 0 Å². The Bertz CT molecular complexity index is 465. The lowest BCUT2D eigenvalue weighted by Crippen LogP contribution is -2.35. The van der Waals surface area contributed by atoms with Gasteiger partial charge in [0.2, 0.25) is 0 Å². The Kier molecular flexibility index (Phi) is 4.48. The molecule has 3 unspecified atom stereocenters. The van der Waals surface area contributed by atoms with E-state index in [1.807, 2.05) is 0 Å². The van der Waals surface area contributed by atoms with E-state index in [0.717, 1.165) is 24.8 Å². The van der Waals surface area contributed by atoms with Crippen LogP contribution in [0, 0.1) is 28.9 Å². The lowest BCUT2D eigenvalue weighted by molar-refractivity contribution is 0.0196. The molecule has 0 heterocycles. The SMILES string of the molecule is CC(C)(C)C1CCC(O)C(Cc2ccc(F)c(F)c2)C1. The van der Waals surface area contributed by atoms with Crippen LogP contribution in [0.1, 0.15) is 45.6 Å². The van der Waals surface area contributed by atoms with Crippen molar-refractivity contribution < 1.29 is 13.9 Å². The fourth-order valence-electron chi connectivity index (χ4n) is 3.22. The first-order valence-corrected chi connectivity index (χ1v) is 7.39. The topological polar surface area (TPSA) is 20.2 Å². The lowest BCUT2D eigenvalue weighted by Gasteiger charge is -2.40. The Hall–Kier alpha value is -0.960. The third-order valence-corrected chi connectivity index (χ3v) is 4.65. The molecule has 0 amide bonds. The molecule has 1 aliphatic rings. The summed E-state index contributed by atoms with van der Waals surface area (Å²) in [5.74, 6) is -0.912. The lowest BCUT2D eigenvalue weighted by atomic mass is 9.67. The minimum absolute atomic E-state index is 0.137. The number of hydrogen-bond acceptors (Lipinski definition) is 1. The van der Waals surface area contributed by atoms with E-state index in [1.54, 1.807) is 6.07 Å². The zero-order valence-electron chi connectivity index (χ0n) is 12.5. The van der Waals surface area contributed by atoms with Gasteiger partial charge in [0.15, 0.2) is 11.6 Å². The van der Waals surface area contributed by atoms with Crippen molar-refractivity contribution in [2.45, 2.75) is 52.6 Å². The molecule has 20 heavy (non-hydrogen) atoms. The van der Waals surface area contributed by atoms with Crippen LogP contribution in [0.4, 0.5) is 8.78 Å². The first kappa shape index (κ1) is 15.4. The van der Waals surface area contributed by atoms with E-state index in [2.05, 4.69) is 20.8 Å². The van der Waals surface area contributed by atoms with Crippen LogP contribution in [0.15, 0.2) is 18.2 Å². The van der Waals surface area contributed by atoms with Crippen LogP contribution in [-0.4, -0.2) is 11.2 Å². The summed E-state index contributed by atoms with van der Waals surface area (Å²) in [6, 6.07) is 4.04. The zero-order valence-corrected chi connectivity index (χ0v) is 12.5. The van der Waals surface area contributed by atoms with Gasteiger partial charge in [0.25, 0.3) is 0 Å². The third-order valence-electron chi connectivity index (χ3n) is 4.65. The summed E-state index contributed by atoms with van der Waals surface area (Å²) in [7, 11) is 0. The highest BCUT2D eigenvalue weighted by molar-refractivity contribution is 5.18.